The van der Waals surface area contributed by atoms with Gasteiger partial charge in [0.15, 0.2) is 0 Å². The van der Waals surface area contributed by atoms with Gasteiger partial charge in [0.1, 0.15) is 17.0 Å². The molecule has 1 aromatic carbocycles. The third-order valence-corrected chi connectivity index (χ3v) is 3.32. The van der Waals surface area contributed by atoms with Gasteiger partial charge in [-0.1, -0.05) is 16.7 Å². The maximum atomic E-state index is 10.1. The highest BCUT2D eigenvalue weighted by molar-refractivity contribution is 6.30. The van der Waals surface area contributed by atoms with Crippen LogP contribution in [0.2, 0.25) is 5.15 Å². The third kappa shape index (κ3) is 3.34. The zero-order chi connectivity index (χ0) is 15.4. The van der Waals surface area contributed by atoms with Crippen molar-refractivity contribution in [3.8, 4) is 5.75 Å². The van der Waals surface area contributed by atoms with Crippen LogP contribution in [0.4, 0.5) is 0 Å². The Morgan fingerprint density at radius 2 is 2.19 bits per heavy atom. The van der Waals surface area contributed by atoms with Crippen LogP contribution in [0.1, 0.15) is 11.7 Å². The lowest BCUT2D eigenvalue weighted by atomic mass is 10.0. The zero-order valence-corrected chi connectivity index (χ0v) is 11.9. The Morgan fingerprint density at radius 3 is 2.86 bits per heavy atom. The van der Waals surface area contributed by atoms with E-state index in [-0.39, 0.29) is 17.3 Å². The number of ether oxygens (including phenoxy) is 1. The molecule has 0 bridgehead atoms. The van der Waals surface area contributed by atoms with E-state index < -0.39 is 12.2 Å². The van der Waals surface area contributed by atoms with Crippen LogP contribution in [0.3, 0.4) is 0 Å². The van der Waals surface area contributed by atoms with Gasteiger partial charge >= 0.3 is 0 Å². The average molecular weight is 309 g/mol. The minimum Gasteiger partial charge on any atom is -0.497 e. The lowest BCUT2D eigenvalue weighted by molar-refractivity contribution is 0.0243. The second-order valence-corrected chi connectivity index (χ2v) is 4.71. The number of hydrogen-bond donors (Lipinski definition) is 2. The molecule has 110 valence electrons. The van der Waals surface area contributed by atoms with Crippen molar-refractivity contribution in [2.75, 3.05) is 13.7 Å². The topological polar surface area (TPSA) is 111 Å². The van der Waals surface area contributed by atoms with Crippen LogP contribution in [0.5, 0.6) is 5.75 Å². The van der Waals surface area contributed by atoms with Gasteiger partial charge in [0.25, 0.3) is 0 Å². The summed E-state index contributed by atoms with van der Waals surface area (Å²) in [6.07, 6.45) is -2.56. The molecule has 0 spiro atoms. The predicted molar refractivity (Wildman–Crippen MR) is 78.3 cm³/mol. The summed E-state index contributed by atoms with van der Waals surface area (Å²) in [5.41, 5.74) is 9.14. The normalized spacial score (nSPS) is 13.5. The number of benzene rings is 1. The first-order valence-corrected chi connectivity index (χ1v) is 6.45. The molecule has 0 aliphatic carbocycles. The number of rotatable bonds is 5. The standard InChI is InChI=1S/C13H13ClN4O3/c1-21-8-2-3-10-7(4-8)5-9(13(14)17-10)12(20)11(19)6-16-18-15/h2-5,11-12,19-20H,6H2,1H3. The summed E-state index contributed by atoms with van der Waals surface area (Å²) in [5.74, 6) is 0.640. The molecule has 8 heteroatoms. The predicted octanol–water partition coefficient (Wildman–Crippen LogP) is 2.60. The molecule has 1 aromatic heterocycles. The van der Waals surface area contributed by atoms with E-state index >= 15 is 0 Å². The first-order valence-electron chi connectivity index (χ1n) is 6.08. The van der Waals surface area contributed by atoms with Crippen molar-refractivity contribution in [2.45, 2.75) is 12.2 Å². The Morgan fingerprint density at radius 1 is 1.43 bits per heavy atom. The minimum atomic E-state index is -1.30. The number of azide groups is 1. The van der Waals surface area contributed by atoms with E-state index in [9.17, 15) is 10.2 Å². The van der Waals surface area contributed by atoms with Crippen LogP contribution in [0.25, 0.3) is 21.3 Å². The highest BCUT2D eigenvalue weighted by atomic mass is 35.5. The number of aliphatic hydroxyl groups is 2. The fourth-order valence-electron chi connectivity index (χ4n) is 1.91. The summed E-state index contributed by atoms with van der Waals surface area (Å²) in [5, 5.41) is 23.9. The molecule has 7 nitrogen and oxygen atoms in total. The van der Waals surface area contributed by atoms with Crippen molar-refractivity contribution >= 4 is 22.5 Å². The number of hydrogen-bond acceptors (Lipinski definition) is 5. The summed E-state index contributed by atoms with van der Waals surface area (Å²) >= 11 is 6.03. The molecule has 2 unspecified atom stereocenters. The summed E-state index contributed by atoms with van der Waals surface area (Å²) in [7, 11) is 1.55. The summed E-state index contributed by atoms with van der Waals surface area (Å²) in [4.78, 5) is 6.71. The molecule has 0 saturated carbocycles. The van der Waals surface area contributed by atoms with Crippen molar-refractivity contribution in [3.63, 3.8) is 0 Å². The van der Waals surface area contributed by atoms with E-state index in [2.05, 4.69) is 15.0 Å². The second kappa shape index (κ2) is 6.60. The van der Waals surface area contributed by atoms with Crippen molar-refractivity contribution in [1.82, 2.24) is 4.98 Å². The molecule has 21 heavy (non-hydrogen) atoms. The molecular formula is C13H13ClN4O3. The zero-order valence-electron chi connectivity index (χ0n) is 11.1. The number of fused-ring (bicyclic) bond motifs is 1. The van der Waals surface area contributed by atoms with Crippen molar-refractivity contribution in [2.24, 2.45) is 5.11 Å². The van der Waals surface area contributed by atoms with Crippen LogP contribution < -0.4 is 4.74 Å². The van der Waals surface area contributed by atoms with Gasteiger partial charge < -0.3 is 14.9 Å². The Bertz CT molecular complexity index is 703. The number of halogens is 1. The number of pyridine rings is 1. The first kappa shape index (κ1) is 15.3. The molecule has 0 fully saturated rings. The number of nitrogens with zero attached hydrogens (tertiary/aromatic N) is 4. The minimum absolute atomic E-state index is 0.0835. The van der Waals surface area contributed by atoms with E-state index in [0.717, 1.165) is 0 Å². The molecule has 2 rings (SSSR count). The molecule has 2 N–H and O–H groups in total. The molecular weight excluding hydrogens is 296 g/mol. The summed E-state index contributed by atoms with van der Waals surface area (Å²) in [6.45, 7) is -0.260. The van der Waals surface area contributed by atoms with Gasteiger partial charge in [-0.3, -0.25) is 0 Å². The molecule has 0 saturated heterocycles. The lowest BCUT2D eigenvalue weighted by Gasteiger charge is -2.17. The van der Waals surface area contributed by atoms with Crippen molar-refractivity contribution < 1.29 is 14.9 Å². The highest BCUT2D eigenvalue weighted by Gasteiger charge is 2.21. The SMILES string of the molecule is COc1ccc2nc(Cl)c(C(O)C(O)CN=[N+]=[N-])cc2c1. The van der Waals surface area contributed by atoms with Crippen LogP contribution in [0, 0.1) is 0 Å². The van der Waals surface area contributed by atoms with Crippen molar-refractivity contribution in [3.05, 3.63) is 45.4 Å². The van der Waals surface area contributed by atoms with E-state index in [1.165, 1.54) is 0 Å². The van der Waals surface area contributed by atoms with E-state index in [1.807, 2.05) is 0 Å². The smallest absolute Gasteiger partial charge is 0.135 e. The molecule has 0 amide bonds. The van der Waals surface area contributed by atoms with Gasteiger partial charge in [-0.05, 0) is 29.8 Å². The molecule has 0 radical (unpaired) electrons. The monoisotopic (exact) mass is 308 g/mol. The van der Waals surface area contributed by atoms with Gasteiger partial charge in [0.05, 0.1) is 25.3 Å². The summed E-state index contributed by atoms with van der Waals surface area (Å²) < 4.78 is 5.13. The highest BCUT2D eigenvalue weighted by Crippen LogP contribution is 2.29. The number of methoxy groups -OCH3 is 1. The Labute approximate surface area is 125 Å². The van der Waals surface area contributed by atoms with Gasteiger partial charge in [0, 0.05) is 15.9 Å². The average Bonchev–Trinajstić information content (AvgIpc) is 2.50. The van der Waals surface area contributed by atoms with Crippen molar-refractivity contribution in [1.29, 1.82) is 0 Å². The van der Waals surface area contributed by atoms with Gasteiger partial charge in [-0.2, -0.15) is 0 Å². The number of aliphatic hydroxyl groups excluding tert-OH is 2. The molecule has 0 aliphatic rings. The second-order valence-electron chi connectivity index (χ2n) is 4.35. The molecule has 0 aliphatic heterocycles. The van der Waals surface area contributed by atoms with Gasteiger partial charge in [-0.15, -0.1) is 0 Å². The van der Waals surface area contributed by atoms with E-state index in [4.69, 9.17) is 21.9 Å². The van der Waals surface area contributed by atoms with E-state index in [1.54, 1.807) is 31.4 Å². The van der Waals surface area contributed by atoms with Crippen LogP contribution in [0.15, 0.2) is 29.4 Å². The summed E-state index contributed by atoms with van der Waals surface area (Å²) in [6, 6.07) is 6.86. The molecule has 2 atom stereocenters. The number of aromatic nitrogens is 1. The molecule has 1 heterocycles. The quantitative estimate of drug-likeness (QED) is 0.382. The Hall–Kier alpha value is -2.05. The van der Waals surface area contributed by atoms with E-state index in [0.29, 0.717) is 16.7 Å². The molecule has 2 aromatic rings. The lowest BCUT2D eigenvalue weighted by Crippen LogP contribution is -2.21. The first-order chi connectivity index (χ1) is 10.1. The Balaban J connectivity index is 2.42. The van der Waals surface area contributed by atoms with Gasteiger partial charge in [-0.25, -0.2) is 4.98 Å². The largest absolute Gasteiger partial charge is 0.497 e. The third-order valence-electron chi connectivity index (χ3n) is 3.02. The Kier molecular flexibility index (Phi) is 4.82. The maximum Gasteiger partial charge on any atom is 0.135 e. The van der Waals surface area contributed by atoms with Crippen LogP contribution in [-0.4, -0.2) is 35.0 Å². The van der Waals surface area contributed by atoms with Gasteiger partial charge in [0.2, 0.25) is 0 Å². The van der Waals surface area contributed by atoms with Crippen LogP contribution in [-0.2, 0) is 0 Å². The fourth-order valence-corrected chi connectivity index (χ4v) is 2.17. The maximum absolute atomic E-state index is 10.1. The fraction of sp³-hybridized carbons (Fsp3) is 0.308. The van der Waals surface area contributed by atoms with Crippen LogP contribution >= 0.6 is 11.6 Å².